The summed E-state index contributed by atoms with van der Waals surface area (Å²) in [4.78, 5) is 13.4. The van der Waals surface area contributed by atoms with Crippen LogP contribution >= 0.6 is 12.2 Å². The van der Waals surface area contributed by atoms with E-state index in [-0.39, 0.29) is 10.6 Å². The van der Waals surface area contributed by atoms with Crippen LogP contribution in [0.3, 0.4) is 0 Å². The SMILES string of the molecule is O=[N+]([O-])c1ccc(CC(=S)N2CCCCC2)cc1. The molecule has 0 bridgehead atoms. The Bertz CT molecular complexity index is 439. The van der Waals surface area contributed by atoms with E-state index in [1.165, 1.54) is 31.4 Å². The highest BCUT2D eigenvalue weighted by atomic mass is 32.1. The van der Waals surface area contributed by atoms with Crippen molar-refractivity contribution in [1.82, 2.24) is 4.90 Å². The molecule has 0 radical (unpaired) electrons. The van der Waals surface area contributed by atoms with Gasteiger partial charge in [-0.15, -0.1) is 0 Å². The van der Waals surface area contributed by atoms with Crippen LogP contribution in [0.5, 0.6) is 0 Å². The summed E-state index contributed by atoms with van der Waals surface area (Å²) in [7, 11) is 0. The maximum absolute atomic E-state index is 10.6. The van der Waals surface area contributed by atoms with Gasteiger partial charge in [0.25, 0.3) is 5.69 Å². The highest BCUT2D eigenvalue weighted by Crippen LogP contribution is 2.15. The lowest BCUT2D eigenvalue weighted by Gasteiger charge is -2.29. The molecule has 2 rings (SSSR count). The van der Waals surface area contributed by atoms with Gasteiger partial charge >= 0.3 is 0 Å². The molecule has 0 amide bonds. The number of piperidine rings is 1. The van der Waals surface area contributed by atoms with Gasteiger partial charge in [0, 0.05) is 31.6 Å². The number of rotatable bonds is 3. The molecule has 0 spiro atoms. The van der Waals surface area contributed by atoms with Gasteiger partial charge < -0.3 is 4.90 Å². The van der Waals surface area contributed by atoms with Crippen molar-refractivity contribution in [1.29, 1.82) is 0 Å². The zero-order valence-electron chi connectivity index (χ0n) is 10.2. The first-order valence-electron chi connectivity index (χ1n) is 6.18. The largest absolute Gasteiger partial charge is 0.366 e. The van der Waals surface area contributed by atoms with E-state index >= 15 is 0 Å². The summed E-state index contributed by atoms with van der Waals surface area (Å²) >= 11 is 5.43. The first kappa shape index (κ1) is 13.0. The van der Waals surface area contributed by atoms with Crippen LogP contribution < -0.4 is 0 Å². The lowest BCUT2D eigenvalue weighted by Crippen LogP contribution is -2.35. The highest BCUT2D eigenvalue weighted by Gasteiger charge is 2.14. The van der Waals surface area contributed by atoms with E-state index in [0.717, 1.165) is 23.6 Å². The minimum absolute atomic E-state index is 0.127. The van der Waals surface area contributed by atoms with Gasteiger partial charge in [0.1, 0.15) is 0 Å². The van der Waals surface area contributed by atoms with E-state index in [2.05, 4.69) is 4.90 Å². The topological polar surface area (TPSA) is 46.4 Å². The molecule has 0 atom stereocenters. The zero-order chi connectivity index (χ0) is 13.0. The molecule has 0 unspecified atom stereocenters. The van der Waals surface area contributed by atoms with Crippen molar-refractivity contribution >= 4 is 22.9 Å². The second-order valence-electron chi connectivity index (χ2n) is 4.54. The van der Waals surface area contributed by atoms with Crippen LogP contribution in [0.2, 0.25) is 0 Å². The quantitative estimate of drug-likeness (QED) is 0.478. The molecule has 0 N–H and O–H groups in total. The Morgan fingerprint density at radius 3 is 2.39 bits per heavy atom. The molecular formula is C13H16N2O2S. The molecule has 1 saturated heterocycles. The number of hydrogen-bond acceptors (Lipinski definition) is 3. The average Bonchev–Trinajstić information content (AvgIpc) is 2.40. The lowest BCUT2D eigenvalue weighted by atomic mass is 10.1. The molecule has 5 heteroatoms. The summed E-state index contributed by atoms with van der Waals surface area (Å²) in [6.45, 7) is 2.09. The number of hydrogen-bond donors (Lipinski definition) is 0. The number of benzene rings is 1. The predicted molar refractivity (Wildman–Crippen MR) is 74.8 cm³/mol. The molecule has 18 heavy (non-hydrogen) atoms. The van der Waals surface area contributed by atoms with Crippen molar-refractivity contribution in [3.05, 3.63) is 39.9 Å². The molecule has 1 aliphatic heterocycles. The third kappa shape index (κ3) is 3.26. The lowest BCUT2D eigenvalue weighted by molar-refractivity contribution is -0.384. The van der Waals surface area contributed by atoms with Crippen LogP contribution in [0.1, 0.15) is 24.8 Å². The summed E-state index contributed by atoms with van der Waals surface area (Å²) in [5.74, 6) is 0. The molecular weight excluding hydrogens is 248 g/mol. The van der Waals surface area contributed by atoms with E-state index in [9.17, 15) is 10.1 Å². The van der Waals surface area contributed by atoms with E-state index in [1.54, 1.807) is 12.1 Å². The molecule has 0 saturated carbocycles. The van der Waals surface area contributed by atoms with Crippen molar-refractivity contribution in [2.24, 2.45) is 0 Å². The fourth-order valence-corrected chi connectivity index (χ4v) is 2.51. The van der Waals surface area contributed by atoms with Crippen LogP contribution in [0.25, 0.3) is 0 Å². The first-order chi connectivity index (χ1) is 8.66. The Balaban J connectivity index is 1.96. The van der Waals surface area contributed by atoms with Crippen LogP contribution in [0.15, 0.2) is 24.3 Å². The van der Waals surface area contributed by atoms with Gasteiger partial charge in [0.15, 0.2) is 0 Å². The number of non-ortho nitro benzene ring substituents is 1. The minimum atomic E-state index is -0.382. The monoisotopic (exact) mass is 264 g/mol. The standard InChI is InChI=1S/C13H16N2O2S/c16-15(17)12-6-4-11(5-7-12)10-13(18)14-8-2-1-3-9-14/h4-7H,1-3,8-10H2. The van der Waals surface area contributed by atoms with Gasteiger partial charge in [-0.2, -0.15) is 0 Å². The second kappa shape index (κ2) is 5.91. The molecule has 1 fully saturated rings. The van der Waals surface area contributed by atoms with Crippen LogP contribution in [-0.2, 0) is 6.42 Å². The summed E-state index contributed by atoms with van der Waals surface area (Å²) in [5, 5.41) is 10.6. The Morgan fingerprint density at radius 2 is 1.83 bits per heavy atom. The fourth-order valence-electron chi connectivity index (χ4n) is 2.17. The van der Waals surface area contributed by atoms with E-state index in [0.29, 0.717) is 6.42 Å². The van der Waals surface area contributed by atoms with Crippen molar-refractivity contribution < 1.29 is 4.92 Å². The first-order valence-corrected chi connectivity index (χ1v) is 6.59. The Labute approximate surface area is 112 Å². The van der Waals surface area contributed by atoms with Gasteiger partial charge in [0.2, 0.25) is 0 Å². The minimum Gasteiger partial charge on any atom is -0.366 e. The third-order valence-electron chi connectivity index (χ3n) is 3.21. The van der Waals surface area contributed by atoms with Crippen molar-refractivity contribution in [3.8, 4) is 0 Å². The maximum atomic E-state index is 10.6. The van der Waals surface area contributed by atoms with Crippen molar-refractivity contribution in [2.75, 3.05) is 13.1 Å². The summed E-state index contributed by atoms with van der Waals surface area (Å²) in [6, 6.07) is 6.64. The molecule has 1 aromatic carbocycles. The van der Waals surface area contributed by atoms with Gasteiger partial charge in [0.05, 0.1) is 9.91 Å². The van der Waals surface area contributed by atoms with E-state index in [4.69, 9.17) is 12.2 Å². The van der Waals surface area contributed by atoms with Gasteiger partial charge in [-0.25, -0.2) is 0 Å². The smallest absolute Gasteiger partial charge is 0.269 e. The molecule has 1 aliphatic rings. The second-order valence-corrected chi connectivity index (χ2v) is 5.01. The van der Waals surface area contributed by atoms with Crippen LogP contribution in [0.4, 0.5) is 5.69 Å². The Hall–Kier alpha value is -1.49. The molecule has 0 aromatic heterocycles. The number of nitro groups is 1. The summed E-state index contributed by atoms with van der Waals surface area (Å²) < 4.78 is 0. The molecule has 0 aliphatic carbocycles. The van der Waals surface area contributed by atoms with Gasteiger partial charge in [-0.1, -0.05) is 24.4 Å². The van der Waals surface area contributed by atoms with E-state index < -0.39 is 0 Å². The average molecular weight is 264 g/mol. The van der Waals surface area contributed by atoms with E-state index in [1.807, 2.05) is 0 Å². The molecule has 96 valence electrons. The molecule has 1 aromatic rings. The molecule has 4 nitrogen and oxygen atoms in total. The van der Waals surface area contributed by atoms with Gasteiger partial charge in [-0.05, 0) is 24.8 Å². The third-order valence-corrected chi connectivity index (χ3v) is 3.61. The molecule has 1 heterocycles. The Morgan fingerprint density at radius 1 is 1.22 bits per heavy atom. The number of nitrogens with zero attached hydrogens (tertiary/aromatic N) is 2. The van der Waals surface area contributed by atoms with Crippen LogP contribution in [-0.4, -0.2) is 27.9 Å². The number of thiocarbonyl (C=S) groups is 1. The maximum Gasteiger partial charge on any atom is 0.269 e. The predicted octanol–water partition coefficient (Wildman–Crippen LogP) is 2.95. The Kier molecular flexibility index (Phi) is 4.25. The highest BCUT2D eigenvalue weighted by molar-refractivity contribution is 7.80. The van der Waals surface area contributed by atoms with Gasteiger partial charge in [-0.3, -0.25) is 10.1 Å². The number of nitro benzene ring substituents is 1. The van der Waals surface area contributed by atoms with Crippen LogP contribution in [0, 0.1) is 10.1 Å². The number of likely N-dealkylation sites (tertiary alicyclic amines) is 1. The fraction of sp³-hybridized carbons (Fsp3) is 0.462. The van der Waals surface area contributed by atoms with Crippen molar-refractivity contribution in [2.45, 2.75) is 25.7 Å². The van der Waals surface area contributed by atoms with Crippen molar-refractivity contribution in [3.63, 3.8) is 0 Å². The zero-order valence-corrected chi connectivity index (χ0v) is 11.0. The normalized spacial score (nSPS) is 15.4. The summed E-state index contributed by atoms with van der Waals surface area (Å²) in [5.41, 5.74) is 1.17. The summed E-state index contributed by atoms with van der Waals surface area (Å²) in [6.07, 6.45) is 4.41.